The molecule has 6 aromatic rings. The highest BCUT2D eigenvalue weighted by atomic mass is 79.9. The first-order chi connectivity index (χ1) is 36.7. The number of hydrogen-bond donors (Lipinski definition) is 2. The van der Waals surface area contributed by atoms with Crippen LogP contribution in [0.25, 0.3) is 21.5 Å². The Kier molecular flexibility index (Phi) is 25.8. The standard InChI is InChI=1S/C30H40N4O3.C21H35N3O3.C9H6BrN/c1-36-22-21-34(19-8-7-11-25-15-14-24-10-4-6-13-27(24)32-25)20-17-28(30(35)37-2)33-29-26-12-5-3-9-23(26)16-18-31-29;1-26-16-15-24(14-12-19(22)21(25)27-2)13-6-5-8-18-11-10-17-7-3-4-9-20(17)23-18;10-9-8-4-2-1-3-7(8)5-6-11-9/h3,5,9,12,14-16,18,28H,4,6-8,10-11,13,17,19-22H2,1-2H3,(H,31,33);10-11,19H,3-9,12-16,22H2,1-2H3;1-6H/t28-;19-;/m00./s1. The first kappa shape index (κ1) is 58.8. The molecular weight excluding hydrogens is 1010 g/mol. The van der Waals surface area contributed by atoms with Crippen molar-refractivity contribution in [2.75, 3.05) is 86.2 Å². The molecule has 8 rings (SSSR count). The van der Waals surface area contributed by atoms with Crippen molar-refractivity contribution in [3.05, 3.63) is 136 Å². The quantitative estimate of drug-likeness (QED) is 0.0299. The number of nitrogens with zero attached hydrogens (tertiary/aromatic N) is 6. The number of aryl methyl sites for hydroxylation is 6. The van der Waals surface area contributed by atoms with Crippen LogP contribution in [0.2, 0.25) is 0 Å². The van der Waals surface area contributed by atoms with Gasteiger partial charge in [0.1, 0.15) is 22.5 Å². The Balaban J connectivity index is 0.000000208. The predicted octanol–water partition coefficient (Wildman–Crippen LogP) is 9.94. The summed E-state index contributed by atoms with van der Waals surface area (Å²) in [5, 5.41) is 7.80. The number of fused-ring (bicyclic) bond motifs is 4. The van der Waals surface area contributed by atoms with Crippen LogP contribution in [0.15, 0.2) is 102 Å². The van der Waals surface area contributed by atoms with Gasteiger partial charge in [-0.1, -0.05) is 60.7 Å². The smallest absolute Gasteiger partial charge is 0.328 e. The lowest BCUT2D eigenvalue weighted by molar-refractivity contribution is -0.143. The second-order valence-corrected chi connectivity index (χ2v) is 20.2. The van der Waals surface area contributed by atoms with Crippen molar-refractivity contribution in [2.45, 2.75) is 115 Å². The molecule has 0 spiro atoms. The second-order valence-electron chi connectivity index (χ2n) is 19.4. The van der Waals surface area contributed by atoms with Crippen molar-refractivity contribution < 1.29 is 28.5 Å². The normalized spacial score (nSPS) is 13.7. The number of halogens is 1. The number of benzene rings is 2. The highest BCUT2D eigenvalue weighted by molar-refractivity contribution is 9.10. The van der Waals surface area contributed by atoms with E-state index in [2.05, 4.69) is 71.3 Å². The Morgan fingerprint density at radius 2 is 1.09 bits per heavy atom. The minimum absolute atomic E-state index is 0.278. The summed E-state index contributed by atoms with van der Waals surface area (Å²) in [6.07, 6.45) is 20.9. The summed E-state index contributed by atoms with van der Waals surface area (Å²) in [6, 6.07) is 28.1. The third-order valence-electron chi connectivity index (χ3n) is 14.1. The highest BCUT2D eigenvalue weighted by Crippen LogP contribution is 2.24. The average molecular weight is 1090 g/mol. The maximum atomic E-state index is 12.6. The summed E-state index contributed by atoms with van der Waals surface area (Å²) in [5.41, 5.74) is 13.8. The van der Waals surface area contributed by atoms with Crippen molar-refractivity contribution in [1.82, 2.24) is 29.7 Å². The van der Waals surface area contributed by atoms with Gasteiger partial charge in [-0.15, -0.1) is 0 Å². The minimum Gasteiger partial charge on any atom is -0.468 e. The molecule has 0 aliphatic heterocycles. The molecule has 2 aliphatic carbocycles. The fraction of sp³-hybridized carbons (Fsp3) is 0.500. The van der Waals surface area contributed by atoms with Gasteiger partial charge < -0.3 is 39.8 Å². The minimum atomic E-state index is -0.556. The number of nitrogens with two attached hydrogens (primary N) is 1. The van der Waals surface area contributed by atoms with Crippen LogP contribution in [0.1, 0.15) is 98.1 Å². The summed E-state index contributed by atoms with van der Waals surface area (Å²) in [5.74, 6) is 0.0783. The van der Waals surface area contributed by atoms with Gasteiger partial charge in [0, 0.05) is 86.3 Å². The zero-order valence-electron chi connectivity index (χ0n) is 45.0. The van der Waals surface area contributed by atoms with Gasteiger partial charge in [0.25, 0.3) is 0 Å². The molecule has 14 nitrogen and oxygen atoms in total. The van der Waals surface area contributed by atoms with Gasteiger partial charge in [-0.2, -0.15) is 0 Å². The monoisotopic (exact) mass is 1090 g/mol. The topological polar surface area (TPSA) is 167 Å². The number of rotatable bonds is 26. The SMILES string of the molecule is Brc1nccc2ccccc12.COCCN(CCCCc1ccc2c(n1)CCCC2)CC[C@H](N)C(=O)OC.COCCN(CCCCc1ccc2c(n1)CCCC2)CC[C@H](Nc1nccc2ccccc12)C(=O)OC. The van der Waals surface area contributed by atoms with E-state index in [4.69, 9.17) is 34.6 Å². The van der Waals surface area contributed by atoms with E-state index in [1.165, 1.54) is 92.0 Å². The van der Waals surface area contributed by atoms with Crippen molar-refractivity contribution in [3.63, 3.8) is 0 Å². The summed E-state index contributed by atoms with van der Waals surface area (Å²) < 4.78 is 21.3. The van der Waals surface area contributed by atoms with Gasteiger partial charge in [0.2, 0.25) is 0 Å². The first-order valence-electron chi connectivity index (χ1n) is 27.1. The highest BCUT2D eigenvalue weighted by Gasteiger charge is 2.22. The molecule has 15 heteroatoms. The fourth-order valence-electron chi connectivity index (χ4n) is 9.70. The van der Waals surface area contributed by atoms with Crippen LogP contribution in [-0.2, 0) is 67.1 Å². The van der Waals surface area contributed by atoms with E-state index in [0.717, 1.165) is 111 Å². The molecule has 0 radical (unpaired) electrons. The molecule has 0 bridgehead atoms. The van der Waals surface area contributed by atoms with Crippen LogP contribution in [0.4, 0.5) is 5.82 Å². The lowest BCUT2D eigenvalue weighted by atomic mass is 9.95. The summed E-state index contributed by atoms with van der Waals surface area (Å²) in [6.45, 7) is 6.48. The number of carbonyl (C=O) groups is 2. The molecule has 2 aliphatic rings. The van der Waals surface area contributed by atoms with E-state index in [9.17, 15) is 9.59 Å². The van der Waals surface area contributed by atoms with Crippen molar-refractivity contribution in [3.8, 4) is 0 Å². The number of hydrogen-bond acceptors (Lipinski definition) is 14. The molecule has 0 amide bonds. The zero-order valence-corrected chi connectivity index (χ0v) is 46.5. The first-order valence-corrected chi connectivity index (χ1v) is 27.9. The lowest BCUT2D eigenvalue weighted by Gasteiger charge is -2.25. The third kappa shape index (κ3) is 19.6. The third-order valence-corrected chi connectivity index (χ3v) is 14.7. The van der Waals surface area contributed by atoms with E-state index in [0.29, 0.717) is 31.9 Å². The number of nitrogens with one attached hydrogen (secondary N) is 1. The molecule has 3 N–H and O–H groups in total. The number of anilines is 1. The maximum Gasteiger partial charge on any atom is 0.328 e. The summed E-state index contributed by atoms with van der Waals surface area (Å²) >= 11 is 3.39. The van der Waals surface area contributed by atoms with E-state index in [1.807, 2.05) is 54.6 Å². The lowest BCUT2D eigenvalue weighted by Crippen LogP contribution is -2.37. The van der Waals surface area contributed by atoms with Crippen molar-refractivity contribution in [1.29, 1.82) is 0 Å². The molecule has 2 atom stereocenters. The number of unbranched alkanes of at least 4 members (excludes halogenated alkanes) is 2. The number of ether oxygens (including phenoxy) is 4. The van der Waals surface area contributed by atoms with Crippen LogP contribution >= 0.6 is 15.9 Å². The van der Waals surface area contributed by atoms with Gasteiger partial charge >= 0.3 is 11.9 Å². The number of aromatic nitrogens is 4. The Bertz CT molecular complexity index is 2650. The van der Waals surface area contributed by atoms with Gasteiger partial charge in [-0.25, -0.2) is 14.8 Å². The Labute approximate surface area is 454 Å². The van der Waals surface area contributed by atoms with Crippen LogP contribution in [-0.4, -0.2) is 135 Å². The molecule has 404 valence electrons. The van der Waals surface area contributed by atoms with Gasteiger partial charge in [0.15, 0.2) is 0 Å². The van der Waals surface area contributed by atoms with Crippen LogP contribution in [0, 0.1) is 0 Å². The number of pyridine rings is 4. The summed E-state index contributed by atoms with van der Waals surface area (Å²) in [4.78, 5) is 47.2. The zero-order chi connectivity index (χ0) is 53.0. The molecule has 2 aromatic carbocycles. The molecule has 0 saturated carbocycles. The molecule has 4 aromatic heterocycles. The molecule has 0 unspecified atom stereocenters. The van der Waals surface area contributed by atoms with E-state index >= 15 is 0 Å². The molecule has 0 fully saturated rings. The fourth-order valence-corrected chi connectivity index (χ4v) is 10.2. The van der Waals surface area contributed by atoms with Gasteiger partial charge in [-0.3, -0.25) is 14.8 Å². The maximum absolute atomic E-state index is 12.6. The van der Waals surface area contributed by atoms with Crippen LogP contribution < -0.4 is 11.1 Å². The van der Waals surface area contributed by atoms with E-state index in [-0.39, 0.29) is 11.9 Å². The average Bonchev–Trinajstić information content (AvgIpc) is 3.45. The predicted molar refractivity (Wildman–Crippen MR) is 304 cm³/mol. The van der Waals surface area contributed by atoms with Crippen LogP contribution in [0.5, 0.6) is 0 Å². The van der Waals surface area contributed by atoms with E-state index in [1.54, 1.807) is 26.6 Å². The Hall–Kier alpha value is -5.42. The summed E-state index contributed by atoms with van der Waals surface area (Å²) in [7, 11) is 6.25. The molecule has 0 saturated heterocycles. The molecule has 75 heavy (non-hydrogen) atoms. The van der Waals surface area contributed by atoms with Crippen molar-refractivity contribution >= 4 is 55.2 Å². The number of esters is 2. The Morgan fingerprint density at radius 3 is 1.64 bits per heavy atom. The van der Waals surface area contributed by atoms with Crippen LogP contribution in [0.3, 0.4) is 0 Å². The number of carbonyl (C=O) groups excluding carboxylic acids is 2. The largest absolute Gasteiger partial charge is 0.468 e. The van der Waals surface area contributed by atoms with Gasteiger partial charge in [0.05, 0.1) is 27.4 Å². The number of methoxy groups -OCH3 is 4. The van der Waals surface area contributed by atoms with E-state index < -0.39 is 12.1 Å². The molecular formula is C60H81BrN8O6. The Morgan fingerprint density at radius 1 is 0.587 bits per heavy atom. The van der Waals surface area contributed by atoms with Crippen molar-refractivity contribution in [2.24, 2.45) is 5.73 Å². The molecule has 4 heterocycles. The second kappa shape index (κ2) is 32.9. The van der Waals surface area contributed by atoms with Gasteiger partial charge in [-0.05, 0) is 178 Å².